The molecule has 0 unspecified atom stereocenters. The van der Waals surface area contributed by atoms with Crippen LogP contribution in [0.4, 0.5) is 0 Å². The molecule has 0 amide bonds. The van der Waals surface area contributed by atoms with Crippen molar-refractivity contribution in [1.82, 2.24) is 15.2 Å². The molecule has 1 N–H and O–H groups in total. The maximum Gasteiger partial charge on any atom is 0.277 e. The zero-order valence-corrected chi connectivity index (χ0v) is 16.0. The van der Waals surface area contributed by atoms with Gasteiger partial charge < -0.3 is 13.8 Å². The second-order valence-electron chi connectivity index (χ2n) is 6.07. The zero-order valence-electron chi connectivity index (χ0n) is 15.2. The highest BCUT2D eigenvalue weighted by Crippen LogP contribution is 2.30. The number of hydrogen-bond acceptors (Lipinski definition) is 7. The number of rotatable bonds is 6. The van der Waals surface area contributed by atoms with Crippen LogP contribution in [0.25, 0.3) is 11.5 Å². The molecule has 1 atom stereocenters. The third-order valence-corrected chi connectivity index (χ3v) is 5.11. The number of aromatic amines is 1. The first-order chi connectivity index (χ1) is 12.3. The molecule has 0 fully saturated rings. The normalized spacial score (nSPS) is 12.3. The highest BCUT2D eigenvalue weighted by Gasteiger charge is 2.26. The third kappa shape index (κ3) is 3.24. The summed E-state index contributed by atoms with van der Waals surface area (Å²) in [7, 11) is 0. The molecule has 8 heteroatoms. The number of nitrogens with zero attached hydrogens (tertiary/aromatic N) is 2. The van der Waals surface area contributed by atoms with Crippen molar-refractivity contribution in [3.05, 3.63) is 40.6 Å². The van der Waals surface area contributed by atoms with Gasteiger partial charge in [0.1, 0.15) is 5.76 Å². The molecule has 0 aliphatic heterocycles. The van der Waals surface area contributed by atoms with Gasteiger partial charge in [-0.05, 0) is 46.2 Å². The molecule has 0 saturated carbocycles. The van der Waals surface area contributed by atoms with Gasteiger partial charge in [0.05, 0.1) is 22.8 Å². The first kappa shape index (κ1) is 18.2. The molecular formula is C18H19N3O4S. The summed E-state index contributed by atoms with van der Waals surface area (Å²) in [5, 5.41) is 7.84. The largest absolute Gasteiger partial charge is 0.469 e. The lowest BCUT2D eigenvalue weighted by atomic mass is 10.0. The zero-order chi connectivity index (χ0) is 19.0. The topological polar surface area (TPSA) is 102 Å². The summed E-state index contributed by atoms with van der Waals surface area (Å²) in [6, 6.07) is 1.75. The summed E-state index contributed by atoms with van der Waals surface area (Å²) in [6.45, 7) is 8.63. The number of Topliss-reactive ketones (excluding diaryl/α,β-unsaturated/α-hetero) is 2. The minimum Gasteiger partial charge on any atom is -0.469 e. The van der Waals surface area contributed by atoms with E-state index in [1.54, 1.807) is 40.0 Å². The maximum atomic E-state index is 12.8. The van der Waals surface area contributed by atoms with Crippen LogP contribution in [0.15, 0.2) is 26.4 Å². The van der Waals surface area contributed by atoms with Crippen LogP contribution in [0, 0.1) is 20.8 Å². The van der Waals surface area contributed by atoms with Crippen LogP contribution >= 0.6 is 11.8 Å². The molecule has 3 rings (SSSR count). The van der Waals surface area contributed by atoms with E-state index < -0.39 is 5.25 Å². The van der Waals surface area contributed by atoms with Crippen LogP contribution in [0.1, 0.15) is 51.7 Å². The van der Waals surface area contributed by atoms with E-state index in [-0.39, 0.29) is 11.6 Å². The highest BCUT2D eigenvalue weighted by atomic mass is 32.2. The predicted octanol–water partition coefficient (Wildman–Crippen LogP) is 4.15. The van der Waals surface area contributed by atoms with Gasteiger partial charge in [0.25, 0.3) is 11.1 Å². The number of H-pyrrole nitrogens is 1. The molecule has 0 aromatic carbocycles. The fourth-order valence-electron chi connectivity index (χ4n) is 2.91. The van der Waals surface area contributed by atoms with Crippen molar-refractivity contribution >= 4 is 23.3 Å². The van der Waals surface area contributed by atoms with Crippen LogP contribution in [-0.2, 0) is 0 Å². The van der Waals surface area contributed by atoms with E-state index in [4.69, 9.17) is 8.83 Å². The summed E-state index contributed by atoms with van der Waals surface area (Å²) in [5.41, 5.74) is 3.11. The second-order valence-corrected chi connectivity index (χ2v) is 7.36. The van der Waals surface area contributed by atoms with Gasteiger partial charge >= 0.3 is 0 Å². The molecule has 3 aromatic heterocycles. The molecule has 0 aliphatic carbocycles. The average Bonchev–Trinajstić information content (AvgIpc) is 3.26. The number of hydrogen-bond donors (Lipinski definition) is 1. The van der Waals surface area contributed by atoms with E-state index in [0.29, 0.717) is 39.4 Å². The van der Waals surface area contributed by atoms with E-state index >= 15 is 0 Å². The number of aromatic nitrogens is 3. The third-order valence-electron chi connectivity index (χ3n) is 4.18. The van der Waals surface area contributed by atoms with Gasteiger partial charge in [-0.15, -0.1) is 10.2 Å². The first-order valence-corrected chi connectivity index (χ1v) is 8.96. The van der Waals surface area contributed by atoms with Crippen molar-refractivity contribution < 1.29 is 18.4 Å². The predicted molar refractivity (Wildman–Crippen MR) is 96.7 cm³/mol. The Morgan fingerprint density at radius 2 is 1.96 bits per heavy atom. The summed E-state index contributed by atoms with van der Waals surface area (Å²) >= 11 is 1.18. The molecule has 26 heavy (non-hydrogen) atoms. The van der Waals surface area contributed by atoms with E-state index in [2.05, 4.69) is 15.2 Å². The van der Waals surface area contributed by atoms with Gasteiger partial charge in [-0.2, -0.15) is 0 Å². The van der Waals surface area contributed by atoms with Gasteiger partial charge in [0, 0.05) is 11.3 Å². The van der Waals surface area contributed by atoms with Crippen molar-refractivity contribution in [2.24, 2.45) is 0 Å². The quantitative estimate of drug-likeness (QED) is 0.511. The molecule has 136 valence electrons. The Kier molecular flexibility index (Phi) is 4.86. The lowest BCUT2D eigenvalue weighted by molar-refractivity contribution is 0.0988. The number of aryl methyl sites for hydroxylation is 2. The Hall–Kier alpha value is -2.61. The van der Waals surface area contributed by atoms with Gasteiger partial charge in [0.2, 0.25) is 0 Å². The smallest absolute Gasteiger partial charge is 0.277 e. The molecule has 7 nitrogen and oxygen atoms in total. The van der Waals surface area contributed by atoms with Gasteiger partial charge in [-0.1, -0.05) is 11.8 Å². The van der Waals surface area contributed by atoms with Crippen molar-refractivity contribution in [3.63, 3.8) is 0 Å². The molecule has 0 spiro atoms. The number of thioether (sulfide) groups is 1. The monoisotopic (exact) mass is 373 g/mol. The van der Waals surface area contributed by atoms with Crippen LogP contribution < -0.4 is 0 Å². The Balaban J connectivity index is 1.79. The highest BCUT2D eigenvalue weighted by molar-refractivity contribution is 8.00. The molecular weight excluding hydrogens is 354 g/mol. The van der Waals surface area contributed by atoms with Crippen molar-refractivity contribution in [2.75, 3.05) is 0 Å². The van der Waals surface area contributed by atoms with Gasteiger partial charge in [-0.25, -0.2) is 0 Å². The molecule has 0 aliphatic rings. The standard InChI is InChI=1S/C18H19N3O4S/c1-8-14(10(3)22)9(2)19-15(8)16(23)12(5)26-18-21-20-17(25-18)13-6-7-24-11(13)4/h6-7,12,19H,1-5H3/t12-/m1/s1. The fraction of sp³-hybridized carbons (Fsp3) is 0.333. The SMILES string of the molecule is CC(=O)c1c(C)[nH]c(C(=O)[C@@H](C)Sc2nnc(-c3ccoc3C)o2)c1C. The lowest BCUT2D eigenvalue weighted by Gasteiger charge is -2.07. The number of carbonyl (C=O) groups excluding carboxylic acids is 2. The summed E-state index contributed by atoms with van der Waals surface area (Å²) in [5.74, 6) is 0.850. The summed E-state index contributed by atoms with van der Waals surface area (Å²) in [6.07, 6.45) is 1.55. The minimum absolute atomic E-state index is 0.0624. The maximum absolute atomic E-state index is 12.8. The number of furan rings is 1. The van der Waals surface area contributed by atoms with Crippen molar-refractivity contribution in [1.29, 1.82) is 0 Å². The lowest BCUT2D eigenvalue weighted by Crippen LogP contribution is -2.15. The van der Waals surface area contributed by atoms with E-state index in [1.165, 1.54) is 18.7 Å². The molecule has 3 heterocycles. The van der Waals surface area contributed by atoms with Gasteiger partial charge in [-0.3, -0.25) is 9.59 Å². The van der Waals surface area contributed by atoms with Crippen LogP contribution in [0.2, 0.25) is 0 Å². The summed E-state index contributed by atoms with van der Waals surface area (Å²) < 4.78 is 10.9. The Morgan fingerprint density at radius 1 is 1.23 bits per heavy atom. The van der Waals surface area contributed by atoms with Crippen molar-refractivity contribution in [2.45, 2.75) is 45.1 Å². The van der Waals surface area contributed by atoms with E-state index in [0.717, 1.165) is 5.56 Å². The molecule has 0 radical (unpaired) electrons. The van der Waals surface area contributed by atoms with Crippen molar-refractivity contribution in [3.8, 4) is 11.5 Å². The van der Waals surface area contributed by atoms with E-state index in [9.17, 15) is 9.59 Å². The number of carbonyl (C=O) groups is 2. The molecule has 3 aromatic rings. The minimum atomic E-state index is -0.453. The average molecular weight is 373 g/mol. The van der Waals surface area contributed by atoms with E-state index in [1.807, 2.05) is 0 Å². The molecule has 0 bridgehead atoms. The Bertz CT molecular complexity index is 983. The fourth-order valence-corrected chi connectivity index (χ4v) is 3.65. The molecule has 0 saturated heterocycles. The second kappa shape index (κ2) is 6.95. The number of ketones is 2. The van der Waals surface area contributed by atoms with Crippen LogP contribution in [-0.4, -0.2) is 32.0 Å². The Labute approximate surface area is 154 Å². The van der Waals surface area contributed by atoms with Crippen LogP contribution in [0.3, 0.4) is 0 Å². The first-order valence-electron chi connectivity index (χ1n) is 8.08. The van der Waals surface area contributed by atoms with Crippen LogP contribution in [0.5, 0.6) is 0 Å². The summed E-state index contributed by atoms with van der Waals surface area (Å²) in [4.78, 5) is 27.6. The van der Waals surface area contributed by atoms with Gasteiger partial charge in [0.15, 0.2) is 11.6 Å². The number of nitrogens with one attached hydrogen (secondary N) is 1. The Morgan fingerprint density at radius 3 is 2.54 bits per heavy atom.